The molecular formula is C52H45N7O8. The molecule has 15 nitrogen and oxygen atoms in total. The van der Waals surface area contributed by atoms with Gasteiger partial charge in [0.15, 0.2) is 11.6 Å². The molecule has 0 spiro atoms. The van der Waals surface area contributed by atoms with E-state index in [1.165, 1.54) is 12.1 Å². The molecule has 0 unspecified atom stereocenters. The molecule has 5 aromatic heterocycles. The number of carbonyl (C=O) groups excluding carboxylic acids is 3. The van der Waals surface area contributed by atoms with Crippen molar-refractivity contribution in [1.82, 2.24) is 34.5 Å². The highest BCUT2D eigenvalue weighted by Crippen LogP contribution is 2.30. The smallest absolute Gasteiger partial charge is 0.354 e. The van der Waals surface area contributed by atoms with Crippen molar-refractivity contribution >= 4 is 51.3 Å². The van der Waals surface area contributed by atoms with Gasteiger partial charge in [0, 0.05) is 83.5 Å². The molecule has 0 amide bonds. The Bertz CT molecular complexity index is 3290. The molecule has 9 aromatic rings. The molecule has 0 saturated carbocycles. The minimum Gasteiger partial charge on any atom is -0.478 e. The Balaban J connectivity index is 0.000000182. The lowest BCUT2D eigenvalue weighted by atomic mass is 10.0. The topological polar surface area (TPSA) is 215 Å². The lowest BCUT2D eigenvalue weighted by molar-refractivity contribution is 0.0519. The Morgan fingerprint density at radius 1 is 0.567 bits per heavy atom. The van der Waals surface area contributed by atoms with E-state index in [0.717, 1.165) is 66.7 Å². The van der Waals surface area contributed by atoms with Crippen LogP contribution in [0.25, 0.3) is 55.6 Å². The second-order valence-electron chi connectivity index (χ2n) is 15.9. The van der Waals surface area contributed by atoms with Crippen molar-refractivity contribution in [2.45, 2.75) is 32.6 Å². The van der Waals surface area contributed by atoms with Crippen molar-refractivity contribution in [3.8, 4) is 33.8 Å². The number of nitrogens with zero attached hydrogens (tertiary/aromatic N) is 5. The first-order chi connectivity index (χ1) is 32.3. The van der Waals surface area contributed by atoms with Crippen molar-refractivity contribution in [2.24, 2.45) is 14.1 Å². The molecular weight excluding hydrogens is 851 g/mol. The van der Waals surface area contributed by atoms with E-state index >= 15 is 0 Å². The number of ether oxygens (including phenoxy) is 1. The van der Waals surface area contributed by atoms with Gasteiger partial charge in [0.05, 0.1) is 29.1 Å². The van der Waals surface area contributed by atoms with Crippen molar-refractivity contribution < 1.29 is 38.9 Å². The van der Waals surface area contributed by atoms with E-state index in [-0.39, 0.29) is 29.1 Å². The van der Waals surface area contributed by atoms with E-state index in [4.69, 9.17) is 14.9 Å². The molecule has 0 bridgehead atoms. The van der Waals surface area contributed by atoms with Gasteiger partial charge in [-0.25, -0.2) is 14.4 Å². The zero-order valence-corrected chi connectivity index (χ0v) is 36.8. The van der Waals surface area contributed by atoms with Gasteiger partial charge in [-0.15, -0.1) is 0 Å². The number of esters is 1. The minimum absolute atomic E-state index is 0.0492. The van der Waals surface area contributed by atoms with Crippen LogP contribution >= 0.6 is 0 Å². The van der Waals surface area contributed by atoms with Gasteiger partial charge in [0.1, 0.15) is 17.1 Å². The van der Waals surface area contributed by atoms with E-state index < -0.39 is 17.9 Å². The van der Waals surface area contributed by atoms with Gasteiger partial charge < -0.3 is 24.9 Å². The van der Waals surface area contributed by atoms with Crippen LogP contribution in [-0.4, -0.2) is 80.8 Å². The van der Waals surface area contributed by atoms with Gasteiger partial charge in [-0.1, -0.05) is 36.4 Å². The number of hydrogen-bond acceptors (Lipinski definition) is 9. The number of H-pyrrole nitrogens is 2. The number of aromatic carboxylic acids is 2. The van der Waals surface area contributed by atoms with Gasteiger partial charge in [-0.3, -0.25) is 23.9 Å². The Kier molecular flexibility index (Phi) is 13.1. The predicted octanol–water partition coefficient (Wildman–Crippen LogP) is 9.40. The van der Waals surface area contributed by atoms with Crippen LogP contribution in [0.3, 0.4) is 0 Å². The molecule has 5 heterocycles. The number of aryl methyl sites for hydroxylation is 4. The SMILES string of the molecule is CCOC(=O)c1cc2cc(-c3cc(C(=O)CCc4ccc(C(=O)O)cc4)nn3C)ccc2[nH]1.Cn1nc(C(=O)CCc2ccc(C(=O)O)cc2)cc1-c1ccc2[nH]c(-c3ccncc3)cc2c1. The molecule has 9 rings (SSSR count). The number of carboxylic acids is 2. The van der Waals surface area contributed by atoms with Crippen LogP contribution in [0.1, 0.15) is 83.1 Å². The van der Waals surface area contributed by atoms with Crippen molar-refractivity contribution in [3.63, 3.8) is 0 Å². The first-order valence-corrected chi connectivity index (χ1v) is 21.5. The van der Waals surface area contributed by atoms with E-state index in [9.17, 15) is 24.0 Å². The first-order valence-electron chi connectivity index (χ1n) is 21.5. The third-order valence-electron chi connectivity index (χ3n) is 11.3. The number of Topliss-reactive ketones (excluding diaryl/α,β-unsaturated/α-hetero) is 2. The molecule has 15 heteroatoms. The monoisotopic (exact) mass is 895 g/mol. The standard InChI is InChI=1S/C27H22N4O3.C25H23N3O5/c1-31-25(16-24(30-31)26(32)9-4-17-2-5-19(6-3-17)27(33)34)20-7-8-22-21(14-20)15-23(29-22)18-10-12-28-13-11-18;1-3-33-25(32)21-13-18-12-17(9-10-19(18)26-21)22-14-20(27-28(22)2)23(29)11-6-15-4-7-16(8-5-15)24(30)31/h2-3,5-8,10-16,29H,4,9H2,1H3,(H,33,34);4-5,7-10,12-14,26H,3,6,11H2,1-2H3,(H,30,31). The van der Waals surface area contributed by atoms with Gasteiger partial charge >= 0.3 is 17.9 Å². The number of ketones is 2. The van der Waals surface area contributed by atoms with Gasteiger partial charge in [0.25, 0.3) is 0 Å². The number of carboxylic acid groups (broad SMARTS) is 2. The molecule has 336 valence electrons. The number of rotatable bonds is 15. The lowest BCUT2D eigenvalue weighted by Crippen LogP contribution is -2.04. The van der Waals surface area contributed by atoms with Crippen LogP contribution in [0.4, 0.5) is 0 Å². The summed E-state index contributed by atoms with van der Waals surface area (Å²) < 4.78 is 8.43. The number of aromatic nitrogens is 7. The molecule has 4 aromatic carbocycles. The Morgan fingerprint density at radius 3 is 1.52 bits per heavy atom. The largest absolute Gasteiger partial charge is 0.478 e. The molecule has 0 saturated heterocycles. The fraction of sp³-hybridized carbons (Fsp3) is 0.154. The molecule has 67 heavy (non-hydrogen) atoms. The normalized spacial score (nSPS) is 11.0. The molecule has 0 fully saturated rings. The summed E-state index contributed by atoms with van der Waals surface area (Å²) >= 11 is 0. The number of fused-ring (bicyclic) bond motifs is 2. The first kappa shape index (κ1) is 44.9. The van der Waals surface area contributed by atoms with Crippen LogP contribution in [0.5, 0.6) is 0 Å². The van der Waals surface area contributed by atoms with Crippen LogP contribution in [0, 0.1) is 0 Å². The number of carbonyl (C=O) groups is 5. The van der Waals surface area contributed by atoms with E-state index in [1.54, 1.807) is 84.3 Å². The third-order valence-corrected chi connectivity index (χ3v) is 11.3. The van der Waals surface area contributed by atoms with Gasteiger partial charge in [-0.05, 0) is 116 Å². The minimum atomic E-state index is -0.978. The fourth-order valence-corrected chi connectivity index (χ4v) is 7.74. The highest BCUT2D eigenvalue weighted by Gasteiger charge is 2.18. The molecule has 0 atom stereocenters. The van der Waals surface area contributed by atoms with Crippen LogP contribution in [-0.2, 0) is 31.7 Å². The average Bonchev–Trinajstić information content (AvgIpc) is 4.15. The van der Waals surface area contributed by atoms with Crippen molar-refractivity contribution in [1.29, 1.82) is 0 Å². The zero-order chi connectivity index (χ0) is 47.2. The summed E-state index contributed by atoms with van der Waals surface area (Å²) in [5.41, 5.74) is 10.9. The third kappa shape index (κ3) is 10.3. The zero-order valence-electron chi connectivity index (χ0n) is 36.8. The molecule has 0 radical (unpaired) electrons. The molecule has 4 N–H and O–H groups in total. The number of hydrogen-bond donors (Lipinski definition) is 4. The summed E-state index contributed by atoms with van der Waals surface area (Å²) in [5, 5.41) is 28.7. The Labute approximate surface area is 383 Å². The number of aromatic amines is 2. The summed E-state index contributed by atoms with van der Waals surface area (Å²) in [6.07, 6.45) is 5.13. The quantitative estimate of drug-likeness (QED) is 0.0562. The molecule has 0 aliphatic heterocycles. The number of benzene rings is 4. The second-order valence-corrected chi connectivity index (χ2v) is 15.9. The second kappa shape index (κ2) is 19.6. The highest BCUT2D eigenvalue weighted by atomic mass is 16.5. The summed E-state index contributed by atoms with van der Waals surface area (Å²) in [7, 11) is 3.61. The van der Waals surface area contributed by atoms with Gasteiger partial charge in [-0.2, -0.15) is 10.2 Å². The van der Waals surface area contributed by atoms with Crippen molar-refractivity contribution in [2.75, 3.05) is 6.61 Å². The fourth-order valence-electron chi connectivity index (χ4n) is 7.74. The van der Waals surface area contributed by atoms with Crippen LogP contribution in [0.2, 0.25) is 0 Å². The Hall–Kier alpha value is -8.72. The maximum Gasteiger partial charge on any atom is 0.354 e. The highest BCUT2D eigenvalue weighted by molar-refractivity contribution is 5.98. The van der Waals surface area contributed by atoms with Crippen LogP contribution in [0.15, 0.2) is 134 Å². The van der Waals surface area contributed by atoms with E-state index in [1.807, 2.05) is 55.6 Å². The molecule has 0 aliphatic carbocycles. The molecule has 0 aliphatic rings. The summed E-state index contributed by atoms with van der Waals surface area (Å²) in [6.45, 7) is 2.06. The van der Waals surface area contributed by atoms with Crippen LogP contribution < -0.4 is 0 Å². The summed E-state index contributed by atoms with van der Waals surface area (Å²) in [6, 6.07) is 36.3. The summed E-state index contributed by atoms with van der Waals surface area (Å²) in [5.74, 6) is -2.48. The summed E-state index contributed by atoms with van der Waals surface area (Å²) in [4.78, 5) is 70.0. The maximum absolute atomic E-state index is 12.8. The number of pyridine rings is 1. The predicted molar refractivity (Wildman–Crippen MR) is 252 cm³/mol. The van der Waals surface area contributed by atoms with E-state index in [2.05, 4.69) is 37.3 Å². The Morgan fingerprint density at radius 2 is 1.04 bits per heavy atom. The lowest BCUT2D eigenvalue weighted by Gasteiger charge is -2.01. The van der Waals surface area contributed by atoms with Crippen molar-refractivity contribution in [3.05, 3.63) is 173 Å². The van der Waals surface area contributed by atoms with Gasteiger partial charge in [0.2, 0.25) is 0 Å². The van der Waals surface area contributed by atoms with E-state index in [0.29, 0.717) is 43.0 Å². The average molecular weight is 896 g/mol. The maximum atomic E-state index is 12.8. The number of nitrogens with one attached hydrogen (secondary N) is 2.